The third-order valence-corrected chi connectivity index (χ3v) is 4.39. The van der Waals surface area contributed by atoms with Gasteiger partial charge < -0.3 is 10.4 Å². The van der Waals surface area contributed by atoms with E-state index < -0.39 is 5.97 Å². The summed E-state index contributed by atoms with van der Waals surface area (Å²) in [5, 5.41) is 16.0. The van der Waals surface area contributed by atoms with E-state index in [1.165, 1.54) is 5.56 Å². The van der Waals surface area contributed by atoms with Crippen molar-refractivity contribution in [3.63, 3.8) is 0 Å². The van der Waals surface area contributed by atoms with Gasteiger partial charge in [0.25, 0.3) is 0 Å². The average molecular weight is 281 g/mol. The zero-order chi connectivity index (χ0) is 13.7. The molecule has 4 nitrogen and oxygen atoms in total. The van der Waals surface area contributed by atoms with Crippen molar-refractivity contribution in [3.05, 3.63) is 22.4 Å². The molecule has 0 spiro atoms. The largest absolute Gasteiger partial charge is 0.481 e. The normalized spacial score (nSPS) is 22.9. The standard InChI is InChI=1S/C14H19NO3S/c16-13(6-1-10-7-8-19-9-10)15-12-4-2-11(3-5-12)14(17)18/h7-9,11-12H,1-6H2,(H,15,16)(H,17,18). The maximum Gasteiger partial charge on any atom is 0.306 e. The maximum absolute atomic E-state index is 11.8. The summed E-state index contributed by atoms with van der Waals surface area (Å²) in [6.07, 6.45) is 4.19. The van der Waals surface area contributed by atoms with Gasteiger partial charge in [0.05, 0.1) is 5.92 Å². The van der Waals surface area contributed by atoms with Crippen LogP contribution in [0.1, 0.15) is 37.7 Å². The lowest BCUT2D eigenvalue weighted by atomic mass is 9.86. The van der Waals surface area contributed by atoms with Gasteiger partial charge in [-0.15, -0.1) is 0 Å². The minimum atomic E-state index is -0.706. The molecule has 0 radical (unpaired) electrons. The Bertz CT molecular complexity index is 422. The Morgan fingerprint density at radius 2 is 2.05 bits per heavy atom. The molecule has 1 saturated carbocycles. The number of hydrogen-bond donors (Lipinski definition) is 2. The zero-order valence-corrected chi connectivity index (χ0v) is 11.6. The number of carboxylic acid groups (broad SMARTS) is 1. The first-order valence-corrected chi connectivity index (χ1v) is 7.62. The van der Waals surface area contributed by atoms with Crippen LogP contribution in [0.25, 0.3) is 0 Å². The number of rotatable bonds is 5. The van der Waals surface area contributed by atoms with E-state index in [1.807, 2.05) is 11.4 Å². The van der Waals surface area contributed by atoms with Gasteiger partial charge in [0.2, 0.25) is 5.91 Å². The minimum absolute atomic E-state index is 0.0741. The van der Waals surface area contributed by atoms with Crippen molar-refractivity contribution < 1.29 is 14.7 Å². The Kier molecular flexibility index (Phi) is 4.96. The van der Waals surface area contributed by atoms with Crippen molar-refractivity contribution >= 4 is 23.2 Å². The summed E-state index contributed by atoms with van der Waals surface area (Å²) >= 11 is 1.64. The Hall–Kier alpha value is -1.36. The molecule has 1 aromatic heterocycles. The zero-order valence-electron chi connectivity index (χ0n) is 10.8. The summed E-state index contributed by atoms with van der Waals surface area (Å²) in [6.45, 7) is 0. The first-order chi connectivity index (χ1) is 9.15. The first-order valence-electron chi connectivity index (χ1n) is 6.68. The summed E-state index contributed by atoms with van der Waals surface area (Å²) in [5.74, 6) is -0.855. The Morgan fingerprint density at radius 3 is 2.63 bits per heavy atom. The van der Waals surface area contributed by atoms with E-state index in [-0.39, 0.29) is 17.9 Å². The fourth-order valence-electron chi connectivity index (χ4n) is 2.48. The number of carbonyl (C=O) groups excluding carboxylic acids is 1. The fourth-order valence-corrected chi connectivity index (χ4v) is 3.18. The van der Waals surface area contributed by atoms with Crippen LogP contribution in [0.15, 0.2) is 16.8 Å². The van der Waals surface area contributed by atoms with Crippen LogP contribution in [0.5, 0.6) is 0 Å². The third kappa shape index (κ3) is 4.35. The molecule has 1 aliphatic rings. The Morgan fingerprint density at radius 1 is 1.32 bits per heavy atom. The molecule has 0 unspecified atom stereocenters. The van der Waals surface area contributed by atoms with Crippen molar-refractivity contribution in [2.45, 2.75) is 44.6 Å². The second kappa shape index (κ2) is 6.70. The van der Waals surface area contributed by atoms with Crippen LogP contribution in [-0.4, -0.2) is 23.0 Å². The monoisotopic (exact) mass is 281 g/mol. The molecule has 104 valence electrons. The van der Waals surface area contributed by atoms with Gasteiger partial charge in [0, 0.05) is 12.5 Å². The highest BCUT2D eigenvalue weighted by Gasteiger charge is 2.26. The second-order valence-corrected chi connectivity index (χ2v) is 5.87. The summed E-state index contributed by atoms with van der Waals surface area (Å²) in [5.41, 5.74) is 1.20. The van der Waals surface area contributed by atoms with E-state index in [4.69, 9.17) is 5.11 Å². The molecule has 0 aliphatic heterocycles. The van der Waals surface area contributed by atoms with Gasteiger partial charge in [0.1, 0.15) is 0 Å². The van der Waals surface area contributed by atoms with Crippen molar-refractivity contribution in [2.24, 2.45) is 5.92 Å². The topological polar surface area (TPSA) is 66.4 Å². The quantitative estimate of drug-likeness (QED) is 0.871. The van der Waals surface area contributed by atoms with E-state index in [9.17, 15) is 9.59 Å². The fraction of sp³-hybridized carbons (Fsp3) is 0.571. The van der Waals surface area contributed by atoms with Gasteiger partial charge in [-0.25, -0.2) is 0 Å². The number of carboxylic acids is 1. The third-order valence-electron chi connectivity index (χ3n) is 3.66. The molecule has 0 bridgehead atoms. The van der Waals surface area contributed by atoms with E-state index in [0.29, 0.717) is 19.3 Å². The van der Waals surface area contributed by atoms with E-state index in [2.05, 4.69) is 10.7 Å². The number of hydrogen-bond acceptors (Lipinski definition) is 3. The van der Waals surface area contributed by atoms with E-state index in [0.717, 1.165) is 19.3 Å². The van der Waals surface area contributed by atoms with Crippen molar-refractivity contribution in [1.29, 1.82) is 0 Å². The lowest BCUT2D eigenvalue weighted by Crippen LogP contribution is -2.38. The van der Waals surface area contributed by atoms with Crippen LogP contribution >= 0.6 is 11.3 Å². The van der Waals surface area contributed by atoms with Gasteiger partial charge in [0.15, 0.2) is 0 Å². The summed E-state index contributed by atoms with van der Waals surface area (Å²) < 4.78 is 0. The van der Waals surface area contributed by atoms with Gasteiger partial charge >= 0.3 is 5.97 Å². The number of amides is 1. The average Bonchev–Trinajstić information content (AvgIpc) is 2.90. The number of aryl methyl sites for hydroxylation is 1. The molecule has 1 aromatic rings. The summed E-state index contributed by atoms with van der Waals surface area (Å²) in [6, 6.07) is 2.20. The highest BCUT2D eigenvalue weighted by atomic mass is 32.1. The minimum Gasteiger partial charge on any atom is -0.481 e. The van der Waals surface area contributed by atoms with Gasteiger partial charge in [-0.2, -0.15) is 11.3 Å². The highest BCUT2D eigenvalue weighted by Crippen LogP contribution is 2.24. The van der Waals surface area contributed by atoms with Crippen molar-refractivity contribution in [1.82, 2.24) is 5.32 Å². The summed E-state index contributed by atoms with van der Waals surface area (Å²) in [7, 11) is 0. The van der Waals surface area contributed by atoms with Gasteiger partial charge in [-0.3, -0.25) is 9.59 Å². The number of carbonyl (C=O) groups is 2. The molecule has 1 heterocycles. The molecule has 1 fully saturated rings. The van der Waals surface area contributed by atoms with E-state index >= 15 is 0 Å². The SMILES string of the molecule is O=C(CCc1ccsc1)NC1CCC(C(=O)O)CC1. The number of thiophene rings is 1. The predicted octanol–water partition coefficient (Wildman–Crippen LogP) is 2.44. The van der Waals surface area contributed by atoms with Crippen LogP contribution in [0.4, 0.5) is 0 Å². The van der Waals surface area contributed by atoms with Gasteiger partial charge in [-0.1, -0.05) is 0 Å². The van der Waals surface area contributed by atoms with Crippen molar-refractivity contribution in [2.75, 3.05) is 0 Å². The molecule has 1 aliphatic carbocycles. The molecule has 0 atom stereocenters. The molecule has 19 heavy (non-hydrogen) atoms. The Labute approximate surface area is 116 Å². The first kappa shape index (κ1) is 14.1. The van der Waals surface area contributed by atoms with Crippen molar-refractivity contribution in [3.8, 4) is 0 Å². The molecule has 0 aromatic carbocycles. The highest BCUT2D eigenvalue weighted by molar-refractivity contribution is 7.07. The van der Waals surface area contributed by atoms with Crippen LogP contribution < -0.4 is 5.32 Å². The van der Waals surface area contributed by atoms with Crippen LogP contribution in [0.2, 0.25) is 0 Å². The smallest absolute Gasteiger partial charge is 0.306 e. The summed E-state index contributed by atoms with van der Waals surface area (Å²) in [4.78, 5) is 22.6. The molecule has 0 saturated heterocycles. The molecule has 1 amide bonds. The van der Waals surface area contributed by atoms with E-state index in [1.54, 1.807) is 11.3 Å². The number of nitrogens with one attached hydrogen (secondary N) is 1. The van der Waals surface area contributed by atoms with Crippen LogP contribution in [0, 0.1) is 5.92 Å². The lowest BCUT2D eigenvalue weighted by Gasteiger charge is -2.26. The number of aliphatic carboxylic acids is 1. The molecule has 2 N–H and O–H groups in total. The molecule has 2 rings (SSSR count). The lowest BCUT2D eigenvalue weighted by molar-refractivity contribution is -0.142. The van der Waals surface area contributed by atoms with Crippen LogP contribution in [-0.2, 0) is 16.0 Å². The maximum atomic E-state index is 11.8. The predicted molar refractivity (Wildman–Crippen MR) is 74.2 cm³/mol. The molecular formula is C14H19NO3S. The molecule has 5 heteroatoms. The second-order valence-electron chi connectivity index (χ2n) is 5.09. The van der Waals surface area contributed by atoms with Gasteiger partial charge in [-0.05, 0) is 54.5 Å². The molecular weight excluding hydrogens is 262 g/mol. The van der Waals surface area contributed by atoms with Crippen LogP contribution in [0.3, 0.4) is 0 Å². The Balaban J connectivity index is 1.67.